The minimum atomic E-state index is 0.585. The van der Waals surface area contributed by atoms with Gasteiger partial charge in [0.1, 0.15) is 0 Å². The first-order valence-electron chi connectivity index (χ1n) is 10.1. The van der Waals surface area contributed by atoms with Crippen LogP contribution in [0.15, 0.2) is 12.7 Å². The van der Waals surface area contributed by atoms with Crippen molar-refractivity contribution in [1.82, 2.24) is 0 Å². The molecule has 0 aromatic heterocycles. The topological polar surface area (TPSA) is 9.23 Å². The van der Waals surface area contributed by atoms with Gasteiger partial charge in [-0.15, -0.1) is 6.58 Å². The van der Waals surface area contributed by atoms with E-state index in [9.17, 15) is 0 Å². The highest BCUT2D eigenvalue weighted by Gasteiger charge is 2.36. The normalized spacial score (nSPS) is 43.1. The van der Waals surface area contributed by atoms with Gasteiger partial charge in [-0.05, 0) is 94.3 Å². The van der Waals surface area contributed by atoms with Gasteiger partial charge in [0.15, 0.2) is 0 Å². The standard InChI is InChI=1S/C21H36O/c1-3-5-20-14-15-21(22-20)19-12-10-18(11-13-19)17-8-6-16(4-2)7-9-17/h4,16-21H,2-3,5-15H2,1H3. The molecule has 22 heavy (non-hydrogen) atoms. The van der Waals surface area contributed by atoms with E-state index in [0.29, 0.717) is 12.2 Å². The average molecular weight is 305 g/mol. The molecule has 0 N–H and O–H groups in total. The third-order valence-corrected chi connectivity index (χ3v) is 6.91. The van der Waals surface area contributed by atoms with E-state index in [1.165, 1.54) is 77.0 Å². The first-order valence-corrected chi connectivity index (χ1v) is 10.1. The molecule has 2 atom stereocenters. The average Bonchev–Trinajstić information content (AvgIpc) is 3.04. The van der Waals surface area contributed by atoms with E-state index >= 15 is 0 Å². The highest BCUT2D eigenvalue weighted by molar-refractivity contribution is 4.89. The lowest BCUT2D eigenvalue weighted by Crippen LogP contribution is -2.30. The summed E-state index contributed by atoms with van der Waals surface area (Å²) in [7, 11) is 0. The van der Waals surface area contributed by atoms with E-state index in [-0.39, 0.29) is 0 Å². The molecule has 3 rings (SSSR count). The van der Waals surface area contributed by atoms with E-state index in [1.54, 1.807) is 0 Å². The zero-order valence-electron chi connectivity index (χ0n) is 14.6. The van der Waals surface area contributed by atoms with E-state index in [2.05, 4.69) is 19.6 Å². The van der Waals surface area contributed by atoms with Crippen molar-refractivity contribution in [1.29, 1.82) is 0 Å². The number of ether oxygens (including phenoxy) is 1. The molecule has 126 valence electrons. The number of hydrogen-bond donors (Lipinski definition) is 0. The zero-order chi connectivity index (χ0) is 15.4. The van der Waals surface area contributed by atoms with Crippen LogP contribution >= 0.6 is 0 Å². The SMILES string of the molecule is C=CC1CCC(C2CCC(C3CCC(CCC)O3)CC2)CC1. The Balaban J connectivity index is 1.40. The quantitative estimate of drug-likeness (QED) is 0.555. The van der Waals surface area contributed by atoms with E-state index < -0.39 is 0 Å². The van der Waals surface area contributed by atoms with Crippen LogP contribution in [0.4, 0.5) is 0 Å². The lowest BCUT2D eigenvalue weighted by Gasteiger charge is -2.38. The van der Waals surface area contributed by atoms with Crippen LogP contribution in [0.1, 0.15) is 84.0 Å². The van der Waals surface area contributed by atoms with Gasteiger partial charge in [0.2, 0.25) is 0 Å². The second-order valence-corrected chi connectivity index (χ2v) is 8.25. The van der Waals surface area contributed by atoms with E-state index in [1.807, 2.05) is 0 Å². The fraction of sp³-hybridized carbons (Fsp3) is 0.905. The molecular weight excluding hydrogens is 268 g/mol. The third-order valence-electron chi connectivity index (χ3n) is 6.91. The molecule has 0 aromatic rings. The zero-order valence-corrected chi connectivity index (χ0v) is 14.6. The molecule has 1 saturated heterocycles. The number of hydrogen-bond acceptors (Lipinski definition) is 1. The Labute approximate surface area is 137 Å². The maximum Gasteiger partial charge on any atom is 0.0608 e. The van der Waals surface area contributed by atoms with Gasteiger partial charge < -0.3 is 4.74 Å². The molecule has 3 fully saturated rings. The van der Waals surface area contributed by atoms with Gasteiger partial charge in [-0.25, -0.2) is 0 Å². The van der Waals surface area contributed by atoms with Gasteiger partial charge in [0, 0.05) is 0 Å². The lowest BCUT2D eigenvalue weighted by molar-refractivity contribution is -0.0112. The van der Waals surface area contributed by atoms with Crippen molar-refractivity contribution in [3.05, 3.63) is 12.7 Å². The van der Waals surface area contributed by atoms with Crippen LogP contribution in [-0.4, -0.2) is 12.2 Å². The molecule has 1 nitrogen and oxygen atoms in total. The van der Waals surface area contributed by atoms with Gasteiger partial charge in [-0.1, -0.05) is 19.4 Å². The molecule has 0 spiro atoms. The Morgan fingerprint density at radius 3 is 2.00 bits per heavy atom. The molecule has 1 aliphatic heterocycles. The first kappa shape index (κ1) is 16.6. The summed E-state index contributed by atoms with van der Waals surface area (Å²) in [5.74, 6) is 3.74. The smallest absolute Gasteiger partial charge is 0.0608 e. The molecule has 0 amide bonds. The lowest BCUT2D eigenvalue weighted by atomic mass is 9.68. The van der Waals surface area contributed by atoms with Crippen LogP contribution in [0.3, 0.4) is 0 Å². The summed E-state index contributed by atoms with van der Waals surface area (Å²) in [6, 6.07) is 0. The molecule has 1 heterocycles. The predicted octanol–water partition coefficient (Wildman–Crippen LogP) is 6.13. The maximum atomic E-state index is 6.34. The van der Waals surface area contributed by atoms with Crippen LogP contribution in [-0.2, 0) is 4.74 Å². The Bertz CT molecular complexity index is 334. The van der Waals surface area contributed by atoms with Crippen LogP contribution in [0.25, 0.3) is 0 Å². The van der Waals surface area contributed by atoms with Crippen molar-refractivity contribution in [2.75, 3.05) is 0 Å². The van der Waals surface area contributed by atoms with E-state index in [0.717, 1.165) is 23.7 Å². The van der Waals surface area contributed by atoms with Gasteiger partial charge in [0.05, 0.1) is 12.2 Å². The Morgan fingerprint density at radius 1 is 0.818 bits per heavy atom. The van der Waals surface area contributed by atoms with E-state index in [4.69, 9.17) is 4.74 Å². The largest absolute Gasteiger partial charge is 0.375 e. The van der Waals surface area contributed by atoms with Crippen molar-refractivity contribution in [2.45, 2.75) is 96.2 Å². The van der Waals surface area contributed by atoms with Crippen LogP contribution in [0.2, 0.25) is 0 Å². The van der Waals surface area contributed by atoms with Crippen molar-refractivity contribution < 1.29 is 4.74 Å². The molecule has 2 unspecified atom stereocenters. The highest BCUT2D eigenvalue weighted by atomic mass is 16.5. The Kier molecular flexibility index (Phi) is 6.02. The maximum absolute atomic E-state index is 6.34. The Hall–Kier alpha value is -0.300. The highest BCUT2D eigenvalue weighted by Crippen LogP contribution is 2.44. The van der Waals surface area contributed by atoms with Gasteiger partial charge >= 0.3 is 0 Å². The number of allylic oxidation sites excluding steroid dienone is 1. The summed E-state index contributed by atoms with van der Waals surface area (Å²) in [6.07, 6.45) is 20.2. The molecular formula is C21H36O. The second kappa shape index (κ2) is 7.99. The van der Waals surface area contributed by atoms with Gasteiger partial charge in [-0.3, -0.25) is 0 Å². The summed E-state index contributed by atoms with van der Waals surface area (Å²) in [5, 5.41) is 0. The predicted molar refractivity (Wildman–Crippen MR) is 93.9 cm³/mol. The van der Waals surface area contributed by atoms with Crippen molar-refractivity contribution in [3.63, 3.8) is 0 Å². The fourth-order valence-corrected chi connectivity index (χ4v) is 5.45. The van der Waals surface area contributed by atoms with Crippen molar-refractivity contribution in [3.8, 4) is 0 Å². The summed E-state index contributed by atoms with van der Waals surface area (Å²) >= 11 is 0. The molecule has 3 aliphatic rings. The van der Waals surface area contributed by atoms with Crippen molar-refractivity contribution in [2.24, 2.45) is 23.7 Å². The van der Waals surface area contributed by atoms with Crippen LogP contribution in [0.5, 0.6) is 0 Å². The van der Waals surface area contributed by atoms with Crippen molar-refractivity contribution >= 4 is 0 Å². The minimum absolute atomic E-state index is 0.585. The second-order valence-electron chi connectivity index (χ2n) is 8.25. The summed E-state index contributed by atoms with van der Waals surface area (Å²) < 4.78 is 6.34. The third kappa shape index (κ3) is 3.96. The van der Waals surface area contributed by atoms with Crippen LogP contribution in [0, 0.1) is 23.7 Å². The number of rotatable bonds is 5. The van der Waals surface area contributed by atoms with Crippen LogP contribution < -0.4 is 0 Å². The molecule has 2 aliphatic carbocycles. The minimum Gasteiger partial charge on any atom is -0.375 e. The first-order chi connectivity index (χ1) is 10.8. The fourth-order valence-electron chi connectivity index (χ4n) is 5.45. The molecule has 0 radical (unpaired) electrons. The monoisotopic (exact) mass is 304 g/mol. The summed E-state index contributed by atoms with van der Waals surface area (Å²) in [5.41, 5.74) is 0. The molecule has 0 aromatic carbocycles. The molecule has 1 heteroatoms. The summed E-state index contributed by atoms with van der Waals surface area (Å²) in [4.78, 5) is 0. The van der Waals surface area contributed by atoms with Gasteiger partial charge in [0.25, 0.3) is 0 Å². The van der Waals surface area contributed by atoms with Gasteiger partial charge in [-0.2, -0.15) is 0 Å². The molecule has 2 saturated carbocycles. The summed E-state index contributed by atoms with van der Waals surface area (Å²) in [6.45, 7) is 6.26. The Morgan fingerprint density at radius 2 is 1.41 bits per heavy atom. The molecule has 0 bridgehead atoms.